The second kappa shape index (κ2) is 6.80. The summed E-state index contributed by atoms with van der Waals surface area (Å²) in [7, 11) is 0. The maximum absolute atomic E-state index is 12.2. The van der Waals surface area contributed by atoms with Crippen molar-refractivity contribution in [1.29, 1.82) is 0 Å². The monoisotopic (exact) mass is 343 g/mol. The molecular weight excluding hydrogens is 323 g/mol. The van der Waals surface area contributed by atoms with Crippen LogP contribution in [0.5, 0.6) is 5.75 Å². The molecule has 0 aliphatic heterocycles. The van der Waals surface area contributed by atoms with Crippen molar-refractivity contribution in [3.63, 3.8) is 0 Å². The van der Waals surface area contributed by atoms with Gasteiger partial charge in [-0.3, -0.25) is 0 Å². The van der Waals surface area contributed by atoms with E-state index in [2.05, 4.69) is 14.8 Å². The zero-order valence-corrected chi connectivity index (χ0v) is 13.7. The third-order valence-electron chi connectivity index (χ3n) is 4.00. The highest BCUT2D eigenvalue weighted by Crippen LogP contribution is 2.33. The molecule has 0 fully saturated rings. The summed E-state index contributed by atoms with van der Waals surface area (Å²) in [6, 6.07) is 5.44. The molecule has 1 N–H and O–H groups in total. The zero-order chi connectivity index (χ0) is 18.0. The molecule has 1 aromatic heterocycles. The first-order valence-electron chi connectivity index (χ1n) is 7.47. The van der Waals surface area contributed by atoms with Crippen LogP contribution >= 0.6 is 0 Å². The lowest BCUT2D eigenvalue weighted by Gasteiger charge is -2.30. The summed E-state index contributed by atoms with van der Waals surface area (Å²) < 4.78 is 42.0. The summed E-state index contributed by atoms with van der Waals surface area (Å²) in [5.74, 6) is -0.265. The minimum absolute atomic E-state index is 0.264. The van der Waals surface area contributed by atoms with Crippen LogP contribution in [0.1, 0.15) is 38.8 Å². The zero-order valence-electron chi connectivity index (χ0n) is 13.7. The molecule has 0 radical (unpaired) electrons. The molecule has 0 aliphatic rings. The molecule has 1 heterocycles. The summed E-state index contributed by atoms with van der Waals surface area (Å²) >= 11 is 0. The predicted molar refractivity (Wildman–Crippen MR) is 81.5 cm³/mol. The van der Waals surface area contributed by atoms with Crippen LogP contribution in [-0.4, -0.2) is 32.3 Å². The van der Waals surface area contributed by atoms with E-state index in [0.717, 1.165) is 5.56 Å². The van der Waals surface area contributed by atoms with Gasteiger partial charge in [-0.1, -0.05) is 26.0 Å². The van der Waals surface area contributed by atoms with Crippen molar-refractivity contribution in [3.8, 4) is 5.75 Å². The Bertz CT molecular complexity index is 640. The fraction of sp³-hybridized carbons (Fsp3) is 0.500. The summed E-state index contributed by atoms with van der Waals surface area (Å²) in [6.07, 6.45) is -2.06. The number of ether oxygens (including phenoxy) is 1. The Hall–Kier alpha value is -2.09. The number of rotatable bonds is 6. The SMILES string of the molecule is CC(C(O)CC(C)(C)c1ccc(OC(F)(F)F)cc1)n1cncn1. The van der Waals surface area contributed by atoms with Gasteiger partial charge in [0, 0.05) is 0 Å². The van der Waals surface area contributed by atoms with Crippen LogP contribution in [0.4, 0.5) is 13.2 Å². The molecule has 1 aromatic carbocycles. The molecule has 2 aromatic rings. The van der Waals surface area contributed by atoms with Gasteiger partial charge < -0.3 is 9.84 Å². The van der Waals surface area contributed by atoms with Crippen LogP contribution in [0, 0.1) is 0 Å². The molecule has 24 heavy (non-hydrogen) atoms. The lowest BCUT2D eigenvalue weighted by Crippen LogP contribution is -2.30. The lowest BCUT2D eigenvalue weighted by atomic mass is 9.78. The highest BCUT2D eigenvalue weighted by atomic mass is 19.4. The number of alkyl halides is 3. The van der Waals surface area contributed by atoms with Crippen LogP contribution in [0.15, 0.2) is 36.9 Å². The molecule has 8 heteroatoms. The third-order valence-corrected chi connectivity index (χ3v) is 4.00. The first kappa shape index (κ1) is 18.3. The topological polar surface area (TPSA) is 60.2 Å². The van der Waals surface area contributed by atoms with E-state index < -0.39 is 17.9 Å². The smallest absolute Gasteiger partial charge is 0.406 e. The minimum Gasteiger partial charge on any atom is -0.406 e. The fourth-order valence-corrected chi connectivity index (χ4v) is 2.52. The summed E-state index contributed by atoms with van der Waals surface area (Å²) in [4.78, 5) is 3.85. The van der Waals surface area contributed by atoms with Crippen LogP contribution in [-0.2, 0) is 5.41 Å². The minimum atomic E-state index is -4.71. The first-order chi connectivity index (χ1) is 11.1. The number of benzene rings is 1. The number of aliphatic hydroxyl groups is 1. The summed E-state index contributed by atoms with van der Waals surface area (Å²) in [5.41, 5.74) is 0.368. The third kappa shape index (κ3) is 4.70. The molecule has 2 rings (SSSR count). The van der Waals surface area contributed by atoms with Gasteiger partial charge in [0.1, 0.15) is 18.4 Å². The molecule has 0 spiro atoms. The maximum Gasteiger partial charge on any atom is 0.573 e. The van der Waals surface area contributed by atoms with Gasteiger partial charge in [-0.05, 0) is 36.5 Å². The summed E-state index contributed by atoms with van der Waals surface area (Å²) in [5, 5.41) is 14.4. The first-order valence-corrected chi connectivity index (χ1v) is 7.47. The average Bonchev–Trinajstić information content (AvgIpc) is 2.99. The number of hydrogen-bond acceptors (Lipinski definition) is 4. The van der Waals surface area contributed by atoms with Crippen LogP contribution < -0.4 is 4.74 Å². The number of halogens is 3. The van der Waals surface area contributed by atoms with Crippen LogP contribution in [0.3, 0.4) is 0 Å². The summed E-state index contributed by atoms with van der Waals surface area (Å²) in [6.45, 7) is 5.67. The Morgan fingerprint density at radius 2 is 1.83 bits per heavy atom. The van der Waals surface area contributed by atoms with Gasteiger partial charge in [0.15, 0.2) is 0 Å². The van der Waals surface area contributed by atoms with Crippen molar-refractivity contribution in [3.05, 3.63) is 42.5 Å². The molecule has 0 bridgehead atoms. The van der Waals surface area contributed by atoms with Crippen molar-refractivity contribution in [2.45, 2.75) is 51.1 Å². The van der Waals surface area contributed by atoms with E-state index in [1.165, 1.54) is 24.8 Å². The van der Waals surface area contributed by atoms with Crippen molar-refractivity contribution in [2.24, 2.45) is 0 Å². The highest BCUT2D eigenvalue weighted by molar-refractivity contribution is 5.31. The highest BCUT2D eigenvalue weighted by Gasteiger charge is 2.32. The van der Waals surface area contributed by atoms with Crippen molar-refractivity contribution < 1.29 is 23.0 Å². The molecule has 0 amide bonds. The largest absolute Gasteiger partial charge is 0.573 e. The molecule has 0 saturated carbocycles. The Morgan fingerprint density at radius 3 is 2.33 bits per heavy atom. The Labute approximate surface area is 138 Å². The number of hydrogen-bond donors (Lipinski definition) is 1. The molecular formula is C16H20F3N3O2. The van der Waals surface area contributed by atoms with E-state index in [1.54, 1.807) is 16.8 Å². The Balaban J connectivity index is 2.06. The molecule has 2 unspecified atom stereocenters. The normalized spacial score (nSPS) is 15.1. The molecule has 0 saturated heterocycles. The van der Waals surface area contributed by atoms with Gasteiger partial charge in [0.05, 0.1) is 12.1 Å². The lowest BCUT2D eigenvalue weighted by molar-refractivity contribution is -0.274. The second-order valence-corrected chi connectivity index (χ2v) is 6.34. The van der Waals surface area contributed by atoms with Crippen LogP contribution in [0.2, 0.25) is 0 Å². The van der Waals surface area contributed by atoms with Crippen molar-refractivity contribution in [2.75, 3.05) is 0 Å². The van der Waals surface area contributed by atoms with E-state index in [1.807, 2.05) is 20.8 Å². The Morgan fingerprint density at radius 1 is 1.21 bits per heavy atom. The molecule has 5 nitrogen and oxygen atoms in total. The van der Waals surface area contributed by atoms with Gasteiger partial charge in [-0.15, -0.1) is 13.2 Å². The van der Waals surface area contributed by atoms with Gasteiger partial charge in [0.25, 0.3) is 0 Å². The van der Waals surface area contributed by atoms with E-state index in [4.69, 9.17) is 0 Å². The van der Waals surface area contributed by atoms with Crippen molar-refractivity contribution in [1.82, 2.24) is 14.8 Å². The number of nitrogens with zero attached hydrogens (tertiary/aromatic N) is 3. The van der Waals surface area contributed by atoms with Crippen molar-refractivity contribution >= 4 is 0 Å². The van der Waals surface area contributed by atoms with Gasteiger partial charge >= 0.3 is 6.36 Å². The van der Waals surface area contributed by atoms with E-state index in [0.29, 0.717) is 6.42 Å². The van der Waals surface area contributed by atoms with Gasteiger partial charge in [0.2, 0.25) is 0 Å². The number of aliphatic hydroxyl groups excluding tert-OH is 1. The fourth-order valence-electron chi connectivity index (χ4n) is 2.52. The molecule has 2 atom stereocenters. The van der Waals surface area contributed by atoms with E-state index in [9.17, 15) is 18.3 Å². The second-order valence-electron chi connectivity index (χ2n) is 6.34. The maximum atomic E-state index is 12.2. The quantitative estimate of drug-likeness (QED) is 0.872. The molecule has 132 valence electrons. The van der Waals surface area contributed by atoms with E-state index >= 15 is 0 Å². The van der Waals surface area contributed by atoms with Crippen LogP contribution in [0.25, 0.3) is 0 Å². The van der Waals surface area contributed by atoms with Gasteiger partial charge in [-0.25, -0.2) is 9.67 Å². The van der Waals surface area contributed by atoms with Gasteiger partial charge in [-0.2, -0.15) is 5.10 Å². The predicted octanol–water partition coefficient (Wildman–Crippen LogP) is 3.47. The van der Waals surface area contributed by atoms with E-state index in [-0.39, 0.29) is 11.8 Å². The molecule has 0 aliphatic carbocycles. The standard InChI is InChI=1S/C16H20F3N3O2/c1-11(22-10-20-9-21-22)14(23)8-15(2,3)12-4-6-13(7-5-12)24-16(17,18)19/h4-7,9-11,14,23H,8H2,1-3H3. The average molecular weight is 343 g/mol. The number of aromatic nitrogens is 3. The Kier molecular flexibility index (Phi) is 5.17.